The van der Waals surface area contributed by atoms with E-state index in [1.807, 2.05) is 13.8 Å². The lowest BCUT2D eigenvalue weighted by Gasteiger charge is -2.36. The molecule has 1 heterocycles. The number of hydrogen-bond donors (Lipinski definition) is 0. The third kappa shape index (κ3) is 4.21. The molecule has 0 amide bonds. The quantitative estimate of drug-likeness (QED) is 0.797. The van der Waals surface area contributed by atoms with Crippen molar-refractivity contribution in [2.75, 3.05) is 37.6 Å². The highest BCUT2D eigenvalue weighted by atomic mass is 16.5. The molecule has 1 aliphatic heterocycles. The number of benzene rings is 1. The van der Waals surface area contributed by atoms with Crippen LogP contribution in [-0.4, -0.2) is 49.7 Å². The molecule has 0 unspecified atom stereocenters. The van der Waals surface area contributed by atoms with Crippen molar-refractivity contribution in [1.82, 2.24) is 4.90 Å². The zero-order chi connectivity index (χ0) is 15.4. The molecule has 1 aromatic carbocycles. The molecule has 1 aliphatic rings. The number of piperazine rings is 1. The third-order valence-corrected chi connectivity index (χ3v) is 4.01. The number of rotatable bonds is 4. The number of nitrogens with zero attached hydrogens (tertiary/aromatic N) is 2. The number of carbonyl (C=O) groups is 1. The average molecular weight is 290 g/mol. The Morgan fingerprint density at radius 3 is 2.48 bits per heavy atom. The topological polar surface area (TPSA) is 32.8 Å². The van der Waals surface area contributed by atoms with Crippen LogP contribution in [0.5, 0.6) is 0 Å². The van der Waals surface area contributed by atoms with Crippen molar-refractivity contribution in [1.29, 1.82) is 0 Å². The number of esters is 1. The van der Waals surface area contributed by atoms with Gasteiger partial charge in [-0.25, -0.2) is 0 Å². The summed E-state index contributed by atoms with van der Waals surface area (Å²) in [5, 5.41) is 0. The van der Waals surface area contributed by atoms with E-state index >= 15 is 0 Å². The molecule has 0 atom stereocenters. The van der Waals surface area contributed by atoms with Gasteiger partial charge < -0.3 is 9.64 Å². The monoisotopic (exact) mass is 290 g/mol. The van der Waals surface area contributed by atoms with E-state index in [0.717, 1.165) is 26.2 Å². The zero-order valence-corrected chi connectivity index (χ0v) is 13.6. The maximum Gasteiger partial charge on any atom is 0.320 e. The molecule has 1 fully saturated rings. The van der Waals surface area contributed by atoms with Crippen LogP contribution in [0.1, 0.15) is 25.0 Å². The van der Waals surface area contributed by atoms with Gasteiger partial charge in [0.05, 0.1) is 12.6 Å². The smallest absolute Gasteiger partial charge is 0.320 e. The van der Waals surface area contributed by atoms with Crippen LogP contribution in [-0.2, 0) is 9.53 Å². The van der Waals surface area contributed by atoms with E-state index in [1.54, 1.807) is 0 Å². The normalized spacial score (nSPS) is 16.3. The molecule has 0 radical (unpaired) electrons. The second kappa shape index (κ2) is 6.94. The third-order valence-electron chi connectivity index (χ3n) is 4.01. The number of carbonyl (C=O) groups excluding carboxylic acids is 1. The standard InChI is InChI=1S/C17H26N2O2/c1-13(2)21-17(20)12-18-8-10-19(11-9-18)16-7-5-6-14(3)15(16)4/h5-7,13H,8-12H2,1-4H3. The van der Waals surface area contributed by atoms with Crippen LogP contribution in [0.15, 0.2) is 18.2 Å². The fourth-order valence-electron chi connectivity index (χ4n) is 2.71. The molecule has 4 heteroatoms. The van der Waals surface area contributed by atoms with E-state index in [0.29, 0.717) is 6.54 Å². The van der Waals surface area contributed by atoms with Crippen LogP contribution < -0.4 is 4.90 Å². The summed E-state index contributed by atoms with van der Waals surface area (Å²) < 4.78 is 5.21. The lowest BCUT2D eigenvalue weighted by Crippen LogP contribution is -2.48. The SMILES string of the molecule is Cc1cccc(N2CCN(CC(=O)OC(C)C)CC2)c1C. The number of anilines is 1. The fourth-order valence-corrected chi connectivity index (χ4v) is 2.71. The van der Waals surface area contributed by atoms with Gasteiger partial charge in [-0.15, -0.1) is 0 Å². The van der Waals surface area contributed by atoms with E-state index in [2.05, 4.69) is 41.8 Å². The zero-order valence-electron chi connectivity index (χ0n) is 13.6. The first-order valence-electron chi connectivity index (χ1n) is 7.70. The average Bonchev–Trinajstić information content (AvgIpc) is 2.42. The minimum absolute atomic E-state index is 0.0336. The number of hydrogen-bond acceptors (Lipinski definition) is 4. The van der Waals surface area contributed by atoms with Crippen molar-refractivity contribution in [3.63, 3.8) is 0 Å². The van der Waals surface area contributed by atoms with Crippen molar-refractivity contribution in [2.24, 2.45) is 0 Å². The summed E-state index contributed by atoms with van der Waals surface area (Å²) in [6, 6.07) is 6.45. The Morgan fingerprint density at radius 2 is 1.86 bits per heavy atom. The van der Waals surface area contributed by atoms with E-state index < -0.39 is 0 Å². The predicted octanol–water partition coefficient (Wildman–Crippen LogP) is 2.38. The number of aryl methyl sites for hydroxylation is 1. The van der Waals surface area contributed by atoms with Gasteiger partial charge in [0.2, 0.25) is 0 Å². The molecule has 0 aliphatic carbocycles. The van der Waals surface area contributed by atoms with Crippen molar-refractivity contribution in [2.45, 2.75) is 33.8 Å². The first-order chi connectivity index (χ1) is 9.97. The van der Waals surface area contributed by atoms with Gasteiger partial charge in [-0.1, -0.05) is 12.1 Å². The van der Waals surface area contributed by atoms with Crippen LogP contribution in [0.4, 0.5) is 5.69 Å². The van der Waals surface area contributed by atoms with Gasteiger partial charge in [-0.3, -0.25) is 9.69 Å². The van der Waals surface area contributed by atoms with Crippen molar-refractivity contribution in [3.8, 4) is 0 Å². The highest BCUT2D eigenvalue weighted by molar-refractivity contribution is 5.71. The van der Waals surface area contributed by atoms with Gasteiger partial charge in [0.15, 0.2) is 0 Å². The largest absolute Gasteiger partial charge is 0.462 e. The molecule has 0 bridgehead atoms. The summed E-state index contributed by atoms with van der Waals surface area (Å²) >= 11 is 0. The molecule has 0 aromatic heterocycles. The Labute approximate surface area is 127 Å². The lowest BCUT2D eigenvalue weighted by molar-refractivity contribution is -0.148. The predicted molar refractivity (Wildman–Crippen MR) is 85.8 cm³/mol. The van der Waals surface area contributed by atoms with Gasteiger partial charge in [0.1, 0.15) is 0 Å². The highest BCUT2D eigenvalue weighted by Crippen LogP contribution is 2.23. The van der Waals surface area contributed by atoms with E-state index in [-0.39, 0.29) is 12.1 Å². The van der Waals surface area contributed by atoms with Crippen molar-refractivity contribution in [3.05, 3.63) is 29.3 Å². The second-order valence-electron chi connectivity index (χ2n) is 6.02. The van der Waals surface area contributed by atoms with E-state index in [4.69, 9.17) is 4.74 Å². The Hall–Kier alpha value is -1.55. The molecule has 0 N–H and O–H groups in total. The fraction of sp³-hybridized carbons (Fsp3) is 0.588. The van der Waals surface area contributed by atoms with E-state index in [9.17, 15) is 4.79 Å². The van der Waals surface area contributed by atoms with Crippen molar-refractivity contribution < 1.29 is 9.53 Å². The molecule has 21 heavy (non-hydrogen) atoms. The summed E-state index contributed by atoms with van der Waals surface area (Å²) in [5.41, 5.74) is 4.00. The van der Waals surface area contributed by atoms with Crippen LogP contribution in [0.3, 0.4) is 0 Å². The van der Waals surface area contributed by atoms with Gasteiger partial charge in [-0.05, 0) is 44.9 Å². The van der Waals surface area contributed by atoms with Crippen LogP contribution >= 0.6 is 0 Å². The minimum Gasteiger partial charge on any atom is -0.462 e. The first kappa shape index (κ1) is 15.8. The molecule has 1 aromatic rings. The van der Waals surface area contributed by atoms with Crippen LogP contribution in [0.2, 0.25) is 0 Å². The summed E-state index contributed by atoms with van der Waals surface area (Å²) in [7, 11) is 0. The van der Waals surface area contributed by atoms with Gasteiger partial charge in [-0.2, -0.15) is 0 Å². The Balaban J connectivity index is 1.88. The van der Waals surface area contributed by atoms with Gasteiger partial charge >= 0.3 is 5.97 Å². The highest BCUT2D eigenvalue weighted by Gasteiger charge is 2.21. The minimum atomic E-state index is -0.120. The number of ether oxygens (including phenoxy) is 1. The Morgan fingerprint density at radius 1 is 1.19 bits per heavy atom. The molecular weight excluding hydrogens is 264 g/mol. The summed E-state index contributed by atoms with van der Waals surface area (Å²) in [4.78, 5) is 16.3. The van der Waals surface area contributed by atoms with Gasteiger partial charge in [0.25, 0.3) is 0 Å². The molecule has 2 rings (SSSR count). The van der Waals surface area contributed by atoms with Gasteiger partial charge in [0, 0.05) is 31.9 Å². The summed E-state index contributed by atoms with van der Waals surface area (Å²) in [6.45, 7) is 12.2. The Bertz CT molecular complexity index is 492. The summed E-state index contributed by atoms with van der Waals surface area (Å²) in [5.74, 6) is -0.120. The lowest BCUT2D eigenvalue weighted by atomic mass is 10.1. The van der Waals surface area contributed by atoms with Crippen LogP contribution in [0, 0.1) is 13.8 Å². The molecule has 116 valence electrons. The Kier molecular flexibility index (Phi) is 5.23. The molecule has 0 spiro atoms. The molecule has 0 saturated carbocycles. The van der Waals surface area contributed by atoms with Crippen LogP contribution in [0.25, 0.3) is 0 Å². The maximum atomic E-state index is 11.7. The molecular formula is C17H26N2O2. The molecule has 4 nitrogen and oxygen atoms in total. The summed E-state index contributed by atoms with van der Waals surface area (Å²) in [6.07, 6.45) is -0.0336. The maximum absolute atomic E-state index is 11.7. The first-order valence-corrected chi connectivity index (χ1v) is 7.70. The molecule has 1 saturated heterocycles. The van der Waals surface area contributed by atoms with Crippen molar-refractivity contribution >= 4 is 11.7 Å². The van der Waals surface area contributed by atoms with E-state index in [1.165, 1.54) is 16.8 Å². The second-order valence-corrected chi connectivity index (χ2v) is 6.02.